The van der Waals surface area contributed by atoms with E-state index in [1.54, 1.807) is 18.2 Å². The predicted molar refractivity (Wildman–Crippen MR) is 164 cm³/mol. The Kier molecular flexibility index (Phi) is 11.5. The van der Waals surface area contributed by atoms with E-state index < -0.39 is 5.97 Å². The number of hydrogen-bond acceptors (Lipinski definition) is 4. The number of rotatable bonds is 16. The van der Waals surface area contributed by atoms with Crippen molar-refractivity contribution in [3.8, 4) is 5.75 Å². The van der Waals surface area contributed by atoms with E-state index in [-0.39, 0.29) is 29.1 Å². The van der Waals surface area contributed by atoms with Gasteiger partial charge in [-0.15, -0.1) is 0 Å². The minimum absolute atomic E-state index is 0.0279. The van der Waals surface area contributed by atoms with Crippen LogP contribution >= 0.6 is 0 Å². The number of anilines is 1. The number of hydrogen-bond donors (Lipinski definition) is 3. The standard InChI is InChI=1S/C34H50N2O4/c1-6-7-8-9-10-11-12-15-19-36-20-18-26-24(2)28(21-31(38)39)25(3)29(32(26)36)22-34(4,5)23-35-33(40)27-16-13-14-17-30(27)37/h13-14,16-17,37H,6-12,15,18-23H2,1-5H3,(H,35,40)(H,38,39). The molecule has 0 atom stereocenters. The number of fused-ring (bicyclic) bond motifs is 1. The number of nitrogens with one attached hydrogen (secondary N) is 1. The maximum absolute atomic E-state index is 12.8. The molecule has 1 amide bonds. The molecule has 0 unspecified atom stereocenters. The van der Waals surface area contributed by atoms with Crippen LogP contribution in [0.3, 0.4) is 0 Å². The number of unbranched alkanes of at least 4 members (excludes halogenated alkanes) is 7. The number of carboxylic acid groups (broad SMARTS) is 1. The average Bonchev–Trinajstić information content (AvgIpc) is 3.33. The van der Waals surface area contributed by atoms with Crippen LogP contribution in [0.15, 0.2) is 24.3 Å². The quantitative estimate of drug-likeness (QED) is 0.193. The number of phenols is 1. The Morgan fingerprint density at radius 1 is 0.950 bits per heavy atom. The van der Waals surface area contributed by atoms with Crippen LogP contribution in [-0.4, -0.2) is 41.7 Å². The molecule has 0 bridgehead atoms. The molecule has 6 nitrogen and oxygen atoms in total. The lowest BCUT2D eigenvalue weighted by atomic mass is 9.80. The monoisotopic (exact) mass is 550 g/mol. The van der Waals surface area contributed by atoms with Crippen LogP contribution < -0.4 is 10.2 Å². The van der Waals surface area contributed by atoms with Gasteiger partial charge in [0.2, 0.25) is 0 Å². The summed E-state index contributed by atoms with van der Waals surface area (Å²) in [5, 5.41) is 22.8. The number of para-hydroxylation sites is 1. The van der Waals surface area contributed by atoms with Gasteiger partial charge in [0, 0.05) is 25.3 Å². The van der Waals surface area contributed by atoms with Gasteiger partial charge < -0.3 is 20.4 Å². The molecule has 0 aliphatic carbocycles. The molecule has 1 aliphatic heterocycles. The maximum atomic E-state index is 12.8. The summed E-state index contributed by atoms with van der Waals surface area (Å²) in [6.45, 7) is 13.1. The first-order chi connectivity index (χ1) is 19.1. The molecule has 220 valence electrons. The average molecular weight is 551 g/mol. The molecule has 1 heterocycles. The summed E-state index contributed by atoms with van der Waals surface area (Å²) >= 11 is 0. The molecular formula is C34H50N2O4. The molecule has 2 aromatic rings. The number of phenolic OH excluding ortho intramolecular Hbond substituents is 1. The molecular weight excluding hydrogens is 500 g/mol. The number of aromatic hydroxyl groups is 1. The molecule has 6 heteroatoms. The van der Waals surface area contributed by atoms with Gasteiger partial charge in [0.25, 0.3) is 5.91 Å². The predicted octanol–water partition coefficient (Wildman–Crippen LogP) is 7.14. The fraction of sp³-hybridized carbons (Fsp3) is 0.588. The molecule has 40 heavy (non-hydrogen) atoms. The fourth-order valence-corrected chi connectivity index (χ4v) is 6.14. The van der Waals surface area contributed by atoms with Crippen molar-refractivity contribution < 1.29 is 19.8 Å². The second-order valence-corrected chi connectivity index (χ2v) is 12.4. The zero-order valence-corrected chi connectivity index (χ0v) is 25.4. The summed E-state index contributed by atoms with van der Waals surface area (Å²) in [5.74, 6) is -1.13. The van der Waals surface area contributed by atoms with Crippen LogP contribution in [0.25, 0.3) is 0 Å². The van der Waals surface area contributed by atoms with Crippen molar-refractivity contribution in [3.05, 3.63) is 57.6 Å². The topological polar surface area (TPSA) is 89.9 Å². The highest BCUT2D eigenvalue weighted by molar-refractivity contribution is 5.96. The van der Waals surface area contributed by atoms with Crippen LogP contribution in [0.4, 0.5) is 5.69 Å². The normalized spacial score (nSPS) is 13.0. The fourth-order valence-electron chi connectivity index (χ4n) is 6.14. The molecule has 3 N–H and O–H groups in total. The second kappa shape index (κ2) is 14.6. The Balaban J connectivity index is 1.78. The highest BCUT2D eigenvalue weighted by Gasteiger charge is 2.31. The Morgan fingerprint density at radius 3 is 2.25 bits per heavy atom. The van der Waals surface area contributed by atoms with E-state index in [1.165, 1.54) is 74.2 Å². The van der Waals surface area contributed by atoms with Gasteiger partial charge in [-0.3, -0.25) is 9.59 Å². The van der Waals surface area contributed by atoms with Gasteiger partial charge in [0.1, 0.15) is 5.75 Å². The Bertz CT molecular complexity index is 1170. The lowest BCUT2D eigenvalue weighted by molar-refractivity contribution is -0.136. The molecule has 0 aromatic heterocycles. The van der Waals surface area contributed by atoms with E-state index in [4.69, 9.17) is 0 Å². The van der Waals surface area contributed by atoms with E-state index >= 15 is 0 Å². The lowest BCUT2D eigenvalue weighted by Crippen LogP contribution is -2.36. The smallest absolute Gasteiger partial charge is 0.307 e. The third-order valence-corrected chi connectivity index (χ3v) is 8.47. The molecule has 0 saturated heterocycles. The van der Waals surface area contributed by atoms with Crippen molar-refractivity contribution in [1.29, 1.82) is 0 Å². The maximum Gasteiger partial charge on any atom is 0.307 e. The third kappa shape index (κ3) is 8.25. The van der Waals surface area contributed by atoms with E-state index in [0.29, 0.717) is 6.54 Å². The van der Waals surface area contributed by atoms with Crippen molar-refractivity contribution in [2.45, 2.75) is 105 Å². The minimum atomic E-state index is -0.805. The molecule has 0 fully saturated rings. The van der Waals surface area contributed by atoms with Gasteiger partial charge in [-0.1, -0.05) is 77.8 Å². The number of carboxylic acids is 1. The molecule has 0 spiro atoms. The van der Waals surface area contributed by atoms with Crippen LogP contribution in [-0.2, 0) is 24.1 Å². The van der Waals surface area contributed by atoms with Crippen LogP contribution in [0.2, 0.25) is 0 Å². The SMILES string of the molecule is CCCCCCCCCCN1CCc2c(C)c(CC(=O)O)c(C)c(CC(C)(C)CNC(=O)c3ccccc3O)c21. The van der Waals surface area contributed by atoms with Gasteiger partial charge in [0.05, 0.1) is 12.0 Å². The van der Waals surface area contributed by atoms with Gasteiger partial charge in [-0.05, 0) is 78.5 Å². The van der Waals surface area contributed by atoms with Gasteiger partial charge in [-0.2, -0.15) is 0 Å². The summed E-state index contributed by atoms with van der Waals surface area (Å²) in [6.07, 6.45) is 12.0. The minimum Gasteiger partial charge on any atom is -0.507 e. The van der Waals surface area contributed by atoms with Crippen molar-refractivity contribution in [2.75, 3.05) is 24.5 Å². The summed E-state index contributed by atoms with van der Waals surface area (Å²) in [6, 6.07) is 6.58. The van der Waals surface area contributed by atoms with E-state index in [9.17, 15) is 19.8 Å². The Labute approximate surface area is 241 Å². The van der Waals surface area contributed by atoms with Gasteiger partial charge >= 0.3 is 5.97 Å². The number of nitrogens with zero attached hydrogens (tertiary/aromatic N) is 1. The van der Waals surface area contributed by atoms with E-state index in [2.05, 4.69) is 44.8 Å². The summed E-state index contributed by atoms with van der Waals surface area (Å²) in [5.41, 5.74) is 6.94. The number of benzene rings is 2. The largest absolute Gasteiger partial charge is 0.507 e. The molecule has 0 saturated carbocycles. The van der Waals surface area contributed by atoms with Crippen LogP contribution in [0.5, 0.6) is 5.75 Å². The van der Waals surface area contributed by atoms with Crippen molar-refractivity contribution in [3.63, 3.8) is 0 Å². The molecule has 3 rings (SSSR count). The summed E-state index contributed by atoms with van der Waals surface area (Å²) in [4.78, 5) is 27.1. The third-order valence-electron chi connectivity index (χ3n) is 8.47. The van der Waals surface area contributed by atoms with Crippen molar-refractivity contribution >= 4 is 17.6 Å². The van der Waals surface area contributed by atoms with Crippen LogP contribution in [0.1, 0.15) is 110 Å². The number of carbonyl (C=O) groups excluding carboxylic acids is 1. The summed E-state index contributed by atoms with van der Waals surface area (Å²) < 4.78 is 0. The van der Waals surface area contributed by atoms with Crippen molar-refractivity contribution in [2.24, 2.45) is 5.41 Å². The molecule has 1 aliphatic rings. The van der Waals surface area contributed by atoms with Gasteiger partial charge in [-0.25, -0.2) is 0 Å². The highest BCUT2D eigenvalue weighted by atomic mass is 16.4. The van der Waals surface area contributed by atoms with E-state index in [1.807, 2.05) is 0 Å². The number of aliphatic carboxylic acids is 1. The van der Waals surface area contributed by atoms with Crippen molar-refractivity contribution in [1.82, 2.24) is 5.32 Å². The lowest BCUT2D eigenvalue weighted by Gasteiger charge is -2.31. The Morgan fingerprint density at radius 2 is 1.60 bits per heavy atom. The highest BCUT2D eigenvalue weighted by Crippen LogP contribution is 2.42. The summed E-state index contributed by atoms with van der Waals surface area (Å²) in [7, 11) is 0. The first kappa shape index (κ1) is 31.5. The zero-order chi connectivity index (χ0) is 29.3. The number of amides is 1. The first-order valence-electron chi connectivity index (χ1n) is 15.2. The van der Waals surface area contributed by atoms with E-state index in [0.717, 1.165) is 42.6 Å². The Hall–Kier alpha value is -3.02. The molecule has 0 radical (unpaired) electrons. The first-order valence-corrected chi connectivity index (χ1v) is 15.2. The molecule has 2 aromatic carbocycles. The van der Waals surface area contributed by atoms with Crippen LogP contribution in [0, 0.1) is 19.3 Å². The van der Waals surface area contributed by atoms with Gasteiger partial charge in [0.15, 0.2) is 0 Å². The zero-order valence-electron chi connectivity index (χ0n) is 25.4. The second-order valence-electron chi connectivity index (χ2n) is 12.4. The number of carbonyl (C=O) groups is 2.